The number of imidazole rings is 1. The molecule has 0 radical (unpaired) electrons. The van der Waals surface area contributed by atoms with Crippen molar-refractivity contribution < 1.29 is 5.11 Å². The van der Waals surface area contributed by atoms with Crippen LogP contribution in [0, 0.1) is 5.92 Å². The summed E-state index contributed by atoms with van der Waals surface area (Å²) in [6, 6.07) is 5.89. The number of nitrogens with two attached hydrogens (primary N) is 1. The van der Waals surface area contributed by atoms with Crippen LogP contribution in [0.3, 0.4) is 0 Å². The molecule has 0 bridgehead atoms. The Morgan fingerprint density at radius 1 is 1.42 bits per heavy atom. The number of anilines is 1. The molecule has 0 spiro atoms. The summed E-state index contributed by atoms with van der Waals surface area (Å²) in [6.07, 6.45) is 3.92. The van der Waals surface area contributed by atoms with Gasteiger partial charge < -0.3 is 15.4 Å². The monoisotopic (exact) mass is 259 g/mol. The van der Waals surface area contributed by atoms with Crippen molar-refractivity contribution in [3.05, 3.63) is 24.0 Å². The molecule has 2 atom stereocenters. The number of fused-ring (bicyclic) bond motifs is 1. The molecule has 1 fully saturated rings. The van der Waals surface area contributed by atoms with Crippen LogP contribution in [0.15, 0.2) is 18.2 Å². The van der Waals surface area contributed by atoms with E-state index in [4.69, 9.17) is 5.73 Å². The van der Waals surface area contributed by atoms with E-state index in [9.17, 15) is 5.11 Å². The number of rotatable bonds is 3. The number of benzene rings is 1. The molecule has 1 aromatic heterocycles. The summed E-state index contributed by atoms with van der Waals surface area (Å²) in [5.74, 6) is 1.44. The van der Waals surface area contributed by atoms with Crippen molar-refractivity contribution in [3.8, 4) is 0 Å². The number of aliphatic hydroxyl groups is 1. The van der Waals surface area contributed by atoms with Crippen LogP contribution in [-0.2, 0) is 13.0 Å². The summed E-state index contributed by atoms with van der Waals surface area (Å²) < 4.78 is 2.26. The van der Waals surface area contributed by atoms with Crippen LogP contribution in [-0.4, -0.2) is 20.8 Å². The Labute approximate surface area is 113 Å². The highest BCUT2D eigenvalue weighted by Crippen LogP contribution is 2.29. The molecule has 0 saturated heterocycles. The van der Waals surface area contributed by atoms with Gasteiger partial charge in [0.1, 0.15) is 5.82 Å². The van der Waals surface area contributed by atoms with E-state index in [1.807, 2.05) is 18.2 Å². The molecule has 4 nitrogen and oxygen atoms in total. The first kappa shape index (κ1) is 12.5. The zero-order valence-electron chi connectivity index (χ0n) is 11.3. The summed E-state index contributed by atoms with van der Waals surface area (Å²) in [7, 11) is 0. The van der Waals surface area contributed by atoms with Gasteiger partial charge in [0.2, 0.25) is 0 Å². The molecule has 1 aliphatic rings. The molecule has 0 amide bonds. The molecule has 0 aliphatic heterocycles. The van der Waals surface area contributed by atoms with E-state index in [2.05, 4.69) is 16.5 Å². The third-order valence-corrected chi connectivity index (χ3v) is 4.20. The van der Waals surface area contributed by atoms with Crippen LogP contribution < -0.4 is 5.73 Å². The fourth-order valence-corrected chi connectivity index (χ4v) is 3.14. The number of aryl methyl sites for hydroxylation is 1. The molecule has 1 saturated carbocycles. The molecule has 3 rings (SSSR count). The lowest BCUT2D eigenvalue weighted by Gasteiger charge is -2.17. The van der Waals surface area contributed by atoms with Gasteiger partial charge in [-0.25, -0.2) is 4.98 Å². The number of nitrogen functional groups attached to an aromatic ring is 1. The highest BCUT2D eigenvalue weighted by molar-refractivity contribution is 5.79. The van der Waals surface area contributed by atoms with Crippen LogP contribution in [0.25, 0.3) is 11.0 Å². The smallest absolute Gasteiger partial charge is 0.109 e. The topological polar surface area (TPSA) is 64.1 Å². The fourth-order valence-electron chi connectivity index (χ4n) is 3.14. The predicted molar refractivity (Wildman–Crippen MR) is 76.9 cm³/mol. The largest absolute Gasteiger partial charge is 0.399 e. The van der Waals surface area contributed by atoms with E-state index in [1.165, 1.54) is 0 Å². The average Bonchev–Trinajstić information content (AvgIpc) is 2.94. The summed E-state index contributed by atoms with van der Waals surface area (Å²) in [5.41, 5.74) is 8.66. The van der Waals surface area contributed by atoms with E-state index in [-0.39, 0.29) is 6.10 Å². The molecular weight excluding hydrogens is 238 g/mol. The van der Waals surface area contributed by atoms with Gasteiger partial charge in [0.25, 0.3) is 0 Å². The molecule has 3 N–H and O–H groups in total. The molecule has 1 aromatic carbocycles. The Morgan fingerprint density at radius 2 is 2.26 bits per heavy atom. The zero-order valence-corrected chi connectivity index (χ0v) is 11.3. The van der Waals surface area contributed by atoms with Gasteiger partial charge in [-0.05, 0) is 31.0 Å². The van der Waals surface area contributed by atoms with Gasteiger partial charge in [-0.15, -0.1) is 0 Å². The minimum absolute atomic E-state index is 0.157. The summed E-state index contributed by atoms with van der Waals surface area (Å²) in [6.45, 7) is 2.98. The minimum atomic E-state index is -0.157. The first-order chi connectivity index (χ1) is 9.19. The van der Waals surface area contributed by atoms with Gasteiger partial charge in [-0.3, -0.25) is 0 Å². The number of aromatic nitrogens is 2. The normalized spacial score (nSPS) is 23.3. The predicted octanol–water partition coefficient (Wildman–Crippen LogP) is 2.34. The number of aliphatic hydroxyl groups excluding tert-OH is 1. The first-order valence-electron chi connectivity index (χ1n) is 7.11. The summed E-state index contributed by atoms with van der Waals surface area (Å²) >= 11 is 0. The Kier molecular flexibility index (Phi) is 3.19. The standard InChI is InChI=1S/C15H21N3O/c1-2-15-17-12-8-11(16)6-7-13(12)18(15)9-10-4-3-5-14(10)19/h6-8,10,14,19H,2-5,9,16H2,1H3. The second-order valence-corrected chi connectivity index (χ2v) is 5.50. The van der Waals surface area contributed by atoms with E-state index in [0.29, 0.717) is 5.92 Å². The zero-order chi connectivity index (χ0) is 13.4. The second kappa shape index (κ2) is 4.85. The van der Waals surface area contributed by atoms with Gasteiger partial charge in [-0.1, -0.05) is 13.3 Å². The molecule has 2 unspecified atom stereocenters. The highest BCUT2D eigenvalue weighted by atomic mass is 16.3. The van der Waals surface area contributed by atoms with E-state index in [1.54, 1.807) is 0 Å². The molecular formula is C15H21N3O. The van der Waals surface area contributed by atoms with Crippen LogP contribution in [0.2, 0.25) is 0 Å². The van der Waals surface area contributed by atoms with Crippen LogP contribution in [0.4, 0.5) is 5.69 Å². The Hall–Kier alpha value is -1.55. The van der Waals surface area contributed by atoms with Crippen molar-refractivity contribution in [2.75, 3.05) is 5.73 Å². The first-order valence-corrected chi connectivity index (χ1v) is 7.11. The Bertz CT molecular complexity index is 590. The van der Waals surface area contributed by atoms with Crippen LogP contribution >= 0.6 is 0 Å². The molecule has 102 valence electrons. The summed E-state index contributed by atoms with van der Waals surface area (Å²) in [4.78, 5) is 4.66. The molecule has 1 heterocycles. The van der Waals surface area contributed by atoms with Gasteiger partial charge in [0, 0.05) is 24.6 Å². The third kappa shape index (κ3) is 2.21. The van der Waals surface area contributed by atoms with E-state index < -0.39 is 0 Å². The van der Waals surface area contributed by atoms with Crippen molar-refractivity contribution in [1.29, 1.82) is 0 Å². The van der Waals surface area contributed by atoms with Gasteiger partial charge in [0.15, 0.2) is 0 Å². The molecule has 2 aromatic rings. The van der Waals surface area contributed by atoms with Crippen molar-refractivity contribution >= 4 is 16.7 Å². The van der Waals surface area contributed by atoms with Crippen molar-refractivity contribution in [2.45, 2.75) is 45.3 Å². The maximum Gasteiger partial charge on any atom is 0.109 e. The number of hydrogen-bond acceptors (Lipinski definition) is 3. The quantitative estimate of drug-likeness (QED) is 0.832. The van der Waals surface area contributed by atoms with Gasteiger partial charge in [0.05, 0.1) is 17.1 Å². The molecule has 19 heavy (non-hydrogen) atoms. The van der Waals surface area contributed by atoms with Crippen molar-refractivity contribution in [3.63, 3.8) is 0 Å². The van der Waals surface area contributed by atoms with Crippen LogP contribution in [0.1, 0.15) is 32.0 Å². The summed E-state index contributed by atoms with van der Waals surface area (Å²) in [5, 5.41) is 10.0. The lowest BCUT2D eigenvalue weighted by atomic mass is 10.1. The maximum absolute atomic E-state index is 10.0. The second-order valence-electron chi connectivity index (χ2n) is 5.50. The lowest BCUT2D eigenvalue weighted by molar-refractivity contribution is 0.123. The average molecular weight is 259 g/mol. The van der Waals surface area contributed by atoms with Crippen LogP contribution in [0.5, 0.6) is 0 Å². The van der Waals surface area contributed by atoms with E-state index in [0.717, 1.165) is 54.8 Å². The minimum Gasteiger partial charge on any atom is -0.399 e. The molecule has 1 aliphatic carbocycles. The van der Waals surface area contributed by atoms with Crippen molar-refractivity contribution in [2.24, 2.45) is 5.92 Å². The third-order valence-electron chi connectivity index (χ3n) is 4.20. The highest BCUT2D eigenvalue weighted by Gasteiger charge is 2.26. The lowest BCUT2D eigenvalue weighted by Crippen LogP contribution is -2.20. The Balaban J connectivity index is 2.00. The number of nitrogens with zero attached hydrogens (tertiary/aromatic N) is 2. The SMILES string of the molecule is CCc1nc2cc(N)ccc2n1CC1CCCC1O. The fraction of sp³-hybridized carbons (Fsp3) is 0.533. The van der Waals surface area contributed by atoms with E-state index >= 15 is 0 Å². The Morgan fingerprint density at radius 3 is 2.95 bits per heavy atom. The van der Waals surface area contributed by atoms with Gasteiger partial charge in [-0.2, -0.15) is 0 Å². The number of hydrogen-bond donors (Lipinski definition) is 2. The van der Waals surface area contributed by atoms with Gasteiger partial charge >= 0.3 is 0 Å². The molecule has 4 heteroatoms. The van der Waals surface area contributed by atoms with Crippen molar-refractivity contribution in [1.82, 2.24) is 9.55 Å². The maximum atomic E-state index is 10.0.